The SMILES string of the molecule is O=C(Nc1c(Cl)cncc1Cl)C(=O)c1cn(Cc2cc[nH+]cc2)c2ccc(O)cc12.[Cl-]. The zero-order valence-electron chi connectivity index (χ0n) is 15.8. The summed E-state index contributed by atoms with van der Waals surface area (Å²) in [5, 5.41) is 13.1. The summed E-state index contributed by atoms with van der Waals surface area (Å²) in [5.74, 6) is -1.69. The number of nitrogens with one attached hydrogen (secondary N) is 2. The highest BCUT2D eigenvalue weighted by Gasteiger charge is 2.23. The Bertz CT molecular complexity index is 1260. The molecule has 158 valence electrons. The summed E-state index contributed by atoms with van der Waals surface area (Å²) >= 11 is 12.0. The third kappa shape index (κ3) is 4.64. The van der Waals surface area contributed by atoms with Crippen LogP contribution in [0.4, 0.5) is 5.69 Å². The first-order valence-corrected chi connectivity index (χ1v) is 9.61. The van der Waals surface area contributed by atoms with Crippen molar-refractivity contribution >= 4 is 51.5 Å². The largest absolute Gasteiger partial charge is 1.00 e. The predicted octanol–water partition coefficient (Wildman–Crippen LogP) is 0.736. The van der Waals surface area contributed by atoms with E-state index in [1.54, 1.807) is 24.7 Å². The topological polar surface area (TPSA) is 98.4 Å². The Hall–Kier alpha value is -3.13. The van der Waals surface area contributed by atoms with Crippen molar-refractivity contribution in [2.24, 2.45) is 0 Å². The maximum Gasteiger partial charge on any atom is 0.296 e. The second kappa shape index (κ2) is 9.34. The fraction of sp³-hybridized carbons (Fsp3) is 0.0476. The molecule has 3 heterocycles. The molecule has 7 nitrogen and oxygen atoms in total. The van der Waals surface area contributed by atoms with E-state index in [1.165, 1.54) is 24.5 Å². The Labute approximate surface area is 193 Å². The zero-order chi connectivity index (χ0) is 21.3. The number of anilines is 1. The van der Waals surface area contributed by atoms with E-state index in [1.807, 2.05) is 16.7 Å². The maximum atomic E-state index is 12.9. The van der Waals surface area contributed by atoms with Gasteiger partial charge in [0.05, 0.1) is 21.3 Å². The zero-order valence-corrected chi connectivity index (χ0v) is 18.0. The molecule has 0 saturated carbocycles. The van der Waals surface area contributed by atoms with E-state index in [4.69, 9.17) is 23.2 Å². The number of fused-ring (bicyclic) bond motifs is 1. The highest BCUT2D eigenvalue weighted by molar-refractivity contribution is 6.50. The van der Waals surface area contributed by atoms with Gasteiger partial charge in [0, 0.05) is 48.2 Å². The second-order valence-electron chi connectivity index (χ2n) is 6.54. The number of phenols is 1. The number of nitrogens with zero attached hydrogens (tertiary/aromatic N) is 2. The van der Waals surface area contributed by atoms with E-state index in [0.717, 1.165) is 5.56 Å². The van der Waals surface area contributed by atoms with Gasteiger partial charge < -0.3 is 27.4 Å². The van der Waals surface area contributed by atoms with Gasteiger partial charge in [0.2, 0.25) is 0 Å². The number of amides is 1. The highest BCUT2D eigenvalue weighted by Crippen LogP contribution is 2.30. The number of hydrogen-bond acceptors (Lipinski definition) is 4. The molecule has 0 fully saturated rings. The molecule has 0 radical (unpaired) electrons. The Kier molecular flexibility index (Phi) is 6.80. The van der Waals surface area contributed by atoms with E-state index >= 15 is 0 Å². The van der Waals surface area contributed by atoms with Crippen molar-refractivity contribution in [2.45, 2.75) is 6.54 Å². The maximum absolute atomic E-state index is 12.9. The molecule has 1 aromatic carbocycles. The average molecular weight is 478 g/mol. The van der Waals surface area contributed by atoms with Crippen molar-refractivity contribution in [3.63, 3.8) is 0 Å². The van der Waals surface area contributed by atoms with E-state index in [0.29, 0.717) is 17.4 Å². The second-order valence-corrected chi connectivity index (χ2v) is 7.36. The number of ketones is 1. The third-order valence-electron chi connectivity index (χ3n) is 4.55. The summed E-state index contributed by atoms with van der Waals surface area (Å²) in [6.45, 7) is 0.479. The summed E-state index contributed by atoms with van der Waals surface area (Å²) < 4.78 is 1.84. The van der Waals surface area contributed by atoms with Crippen molar-refractivity contribution in [1.29, 1.82) is 0 Å². The lowest BCUT2D eigenvalue weighted by Crippen LogP contribution is -3.00. The normalized spacial score (nSPS) is 10.5. The minimum Gasteiger partial charge on any atom is -1.00 e. The monoisotopic (exact) mass is 476 g/mol. The van der Waals surface area contributed by atoms with Crippen LogP contribution in [-0.2, 0) is 11.3 Å². The van der Waals surface area contributed by atoms with Crippen LogP contribution in [-0.4, -0.2) is 26.3 Å². The fourth-order valence-electron chi connectivity index (χ4n) is 3.14. The molecule has 0 unspecified atom stereocenters. The molecule has 0 aliphatic heterocycles. The number of carbonyl (C=O) groups excluding carboxylic acids is 2. The lowest BCUT2D eigenvalue weighted by molar-refractivity contribution is -0.378. The van der Waals surface area contributed by atoms with Crippen LogP contribution < -0.4 is 22.7 Å². The Morgan fingerprint density at radius 2 is 1.77 bits per heavy atom. The first kappa shape index (κ1) is 22.6. The van der Waals surface area contributed by atoms with Gasteiger partial charge in [-0.25, -0.2) is 4.98 Å². The number of rotatable bonds is 5. The standard InChI is InChI=1S/C21H14Cl2N4O3.ClH/c22-16-8-25-9-17(23)19(16)26-21(30)20(29)15-11-27(10-12-3-5-24-6-4-12)18-2-1-13(28)7-14(15)18;/h1-9,11,28H,10H2,(H,25,26,30);1H. The minimum absolute atomic E-state index is 0. The van der Waals surface area contributed by atoms with Crippen molar-refractivity contribution in [3.8, 4) is 5.75 Å². The summed E-state index contributed by atoms with van der Waals surface area (Å²) in [4.78, 5) is 32.4. The smallest absolute Gasteiger partial charge is 0.296 e. The number of phenolic OH excluding ortho intramolecular Hbond substituents is 1. The molecule has 0 spiro atoms. The molecule has 0 atom stereocenters. The van der Waals surface area contributed by atoms with Crippen LogP contribution in [0.2, 0.25) is 10.0 Å². The highest BCUT2D eigenvalue weighted by atomic mass is 35.5. The van der Waals surface area contributed by atoms with Crippen molar-refractivity contribution in [2.75, 3.05) is 5.32 Å². The molecule has 4 rings (SSSR count). The van der Waals surface area contributed by atoms with Crippen LogP contribution in [0.15, 0.2) is 61.3 Å². The number of hydrogen-bond donors (Lipinski definition) is 2. The van der Waals surface area contributed by atoms with Crippen molar-refractivity contribution < 1.29 is 32.1 Å². The molecule has 0 bridgehead atoms. The number of carbonyl (C=O) groups is 2. The van der Waals surface area contributed by atoms with Gasteiger partial charge in [0.1, 0.15) is 5.75 Å². The van der Waals surface area contributed by atoms with Crippen molar-refractivity contribution in [1.82, 2.24) is 9.55 Å². The lowest BCUT2D eigenvalue weighted by atomic mass is 10.1. The van der Waals surface area contributed by atoms with Crippen LogP contribution in [0.5, 0.6) is 5.75 Å². The molecule has 1 amide bonds. The summed E-state index contributed by atoms with van der Waals surface area (Å²) in [7, 11) is 0. The number of aromatic amines is 1. The molecular weight excluding hydrogens is 463 g/mol. The minimum atomic E-state index is -0.901. The molecule has 3 aromatic heterocycles. The van der Waals surface area contributed by atoms with Gasteiger partial charge in [-0.05, 0) is 23.8 Å². The molecule has 0 saturated heterocycles. The Balaban J connectivity index is 0.00000272. The van der Waals surface area contributed by atoms with Gasteiger partial charge in [0.15, 0.2) is 12.4 Å². The van der Waals surface area contributed by atoms with Crippen LogP contribution in [0.3, 0.4) is 0 Å². The number of benzene rings is 1. The van der Waals surface area contributed by atoms with Crippen LogP contribution in [0.25, 0.3) is 10.9 Å². The molecular formula is C21H15Cl3N4O3. The Morgan fingerprint density at radius 1 is 1.10 bits per heavy atom. The van der Waals surface area contributed by atoms with Gasteiger partial charge in [0.25, 0.3) is 11.7 Å². The van der Waals surface area contributed by atoms with E-state index in [9.17, 15) is 14.7 Å². The Morgan fingerprint density at radius 3 is 2.45 bits per heavy atom. The number of halogens is 3. The fourth-order valence-corrected chi connectivity index (χ4v) is 3.60. The quantitative estimate of drug-likeness (QED) is 0.327. The van der Waals surface area contributed by atoms with Gasteiger partial charge in [-0.15, -0.1) is 0 Å². The first-order chi connectivity index (χ1) is 14.4. The van der Waals surface area contributed by atoms with Gasteiger partial charge in [-0.3, -0.25) is 14.6 Å². The lowest BCUT2D eigenvalue weighted by Gasteiger charge is -2.07. The third-order valence-corrected chi connectivity index (χ3v) is 5.12. The average Bonchev–Trinajstić information content (AvgIpc) is 3.08. The summed E-state index contributed by atoms with van der Waals surface area (Å²) in [6.07, 6.45) is 7.82. The molecule has 10 heteroatoms. The number of H-pyrrole nitrogens is 1. The number of Topliss-reactive ketones (excluding diaryl/α,β-unsaturated/α-hetero) is 1. The molecule has 4 aromatic rings. The number of pyridine rings is 2. The van der Waals surface area contributed by atoms with Crippen molar-refractivity contribution in [3.05, 3.63) is 82.5 Å². The van der Waals surface area contributed by atoms with Crippen LogP contribution in [0, 0.1) is 0 Å². The molecule has 3 N–H and O–H groups in total. The summed E-state index contributed by atoms with van der Waals surface area (Å²) in [6, 6.07) is 8.51. The number of aromatic hydroxyl groups is 1. The van der Waals surface area contributed by atoms with E-state index < -0.39 is 11.7 Å². The molecule has 0 aliphatic carbocycles. The van der Waals surface area contributed by atoms with Crippen LogP contribution >= 0.6 is 23.2 Å². The first-order valence-electron chi connectivity index (χ1n) is 8.85. The van der Waals surface area contributed by atoms with Gasteiger partial charge in [-0.1, -0.05) is 23.2 Å². The van der Waals surface area contributed by atoms with Gasteiger partial charge >= 0.3 is 0 Å². The predicted molar refractivity (Wildman–Crippen MR) is 113 cm³/mol. The van der Waals surface area contributed by atoms with Gasteiger partial charge in [-0.2, -0.15) is 0 Å². The van der Waals surface area contributed by atoms with Crippen LogP contribution in [0.1, 0.15) is 15.9 Å². The number of aromatic nitrogens is 3. The summed E-state index contributed by atoms with van der Waals surface area (Å²) in [5.41, 5.74) is 1.97. The van der Waals surface area contributed by atoms with E-state index in [2.05, 4.69) is 15.3 Å². The molecule has 0 aliphatic rings. The molecule has 31 heavy (non-hydrogen) atoms. The van der Waals surface area contributed by atoms with E-state index in [-0.39, 0.29) is 39.5 Å².